The van der Waals surface area contributed by atoms with Gasteiger partial charge in [-0.3, -0.25) is 4.40 Å². The number of aromatic nitrogens is 4. The zero-order valence-electron chi connectivity index (χ0n) is 23.1. The van der Waals surface area contributed by atoms with E-state index in [1.165, 1.54) is 22.3 Å². The van der Waals surface area contributed by atoms with E-state index < -0.39 is 12.0 Å². The maximum absolute atomic E-state index is 12.8. The van der Waals surface area contributed by atoms with Crippen molar-refractivity contribution in [2.75, 3.05) is 10.7 Å². The van der Waals surface area contributed by atoms with Crippen LogP contribution in [0.5, 0.6) is 17.2 Å². The molecule has 0 saturated carbocycles. The largest absolute Gasteiger partial charge is 0.506 e. The van der Waals surface area contributed by atoms with Crippen molar-refractivity contribution in [1.29, 1.82) is 0 Å². The van der Waals surface area contributed by atoms with Crippen molar-refractivity contribution in [2.45, 2.75) is 26.2 Å². The zero-order chi connectivity index (χ0) is 30.5. The van der Waals surface area contributed by atoms with Crippen LogP contribution in [-0.2, 0) is 5.41 Å². The Hall–Kier alpha value is -5.07. The number of nitrogens with zero attached hydrogens (tertiary/aromatic N) is 4. The highest BCUT2D eigenvalue weighted by atomic mass is 35.5. The molecule has 3 aromatic carbocycles. The molecule has 0 atom stereocenters. The van der Waals surface area contributed by atoms with Crippen LogP contribution in [0.15, 0.2) is 73.1 Å². The van der Waals surface area contributed by atoms with Gasteiger partial charge >= 0.3 is 12.0 Å². The molecule has 6 rings (SSSR count). The van der Waals surface area contributed by atoms with Crippen LogP contribution in [0.2, 0.25) is 5.02 Å². The molecule has 0 aliphatic rings. The first kappa shape index (κ1) is 28.1. The number of imidazole rings is 1. The second-order valence-electron chi connectivity index (χ2n) is 10.7. The van der Waals surface area contributed by atoms with Gasteiger partial charge in [0.2, 0.25) is 0 Å². The Bertz CT molecular complexity index is 2020. The summed E-state index contributed by atoms with van der Waals surface area (Å²) in [5.74, 6) is 0.0388. The van der Waals surface area contributed by atoms with E-state index in [4.69, 9.17) is 16.3 Å². The summed E-state index contributed by atoms with van der Waals surface area (Å²) >= 11 is 7.50. The summed E-state index contributed by atoms with van der Waals surface area (Å²) in [6, 6.07) is 16.9. The lowest BCUT2D eigenvalue weighted by molar-refractivity contribution is 0.0691. The van der Waals surface area contributed by atoms with E-state index in [0.717, 1.165) is 10.2 Å². The smallest absolute Gasteiger partial charge is 0.356 e. The first-order valence-electron chi connectivity index (χ1n) is 13.0. The fourth-order valence-corrected chi connectivity index (χ4v) is 5.78. The number of benzene rings is 3. The van der Waals surface area contributed by atoms with Crippen LogP contribution < -0.4 is 15.5 Å². The second-order valence-corrected chi connectivity index (χ2v) is 12.1. The lowest BCUT2D eigenvalue weighted by atomic mass is 9.87. The standard InChI is InChI=1S/C30H25ClN6O5S/c1-30(2,3)26-20(19-5-4-6-21(31)25(19)38)14-37(34-26)35-28(41)32-16-7-9-17(10-8-16)42-18-11-12-23-24(13-18)43-29-33-22(27(39)40)15-36(23)29/h4-15,38H,1-3H3,(H,39,40)(H2,32,35,41). The molecule has 0 aliphatic carbocycles. The Morgan fingerprint density at radius 3 is 2.47 bits per heavy atom. The predicted molar refractivity (Wildman–Crippen MR) is 165 cm³/mol. The number of aromatic hydroxyl groups is 1. The van der Waals surface area contributed by atoms with E-state index in [0.29, 0.717) is 39.0 Å². The van der Waals surface area contributed by atoms with Crippen molar-refractivity contribution in [3.63, 3.8) is 0 Å². The number of nitrogens with one attached hydrogen (secondary N) is 2. The SMILES string of the molecule is CC(C)(C)c1nn(NC(=O)Nc2ccc(Oc3ccc4c(c3)sc3nc(C(=O)O)cn34)cc2)cc1-c1cccc(Cl)c1O. The number of carboxylic acids is 1. The van der Waals surface area contributed by atoms with Crippen LogP contribution in [0.1, 0.15) is 37.0 Å². The predicted octanol–water partition coefficient (Wildman–Crippen LogP) is 7.34. The molecule has 218 valence electrons. The van der Waals surface area contributed by atoms with Crippen molar-refractivity contribution in [1.82, 2.24) is 19.3 Å². The number of carbonyl (C=O) groups excluding carboxylic acids is 1. The number of anilines is 1. The lowest BCUT2D eigenvalue weighted by Gasteiger charge is -2.18. The number of carboxylic acid groups (broad SMARTS) is 1. The third-order valence-corrected chi connectivity index (χ3v) is 7.87. The number of rotatable bonds is 6. The molecule has 0 spiro atoms. The van der Waals surface area contributed by atoms with Crippen LogP contribution in [0.25, 0.3) is 26.3 Å². The average Bonchev–Trinajstić information content (AvgIpc) is 3.64. The third kappa shape index (κ3) is 5.57. The van der Waals surface area contributed by atoms with Gasteiger partial charge in [-0.15, -0.1) is 0 Å². The highest BCUT2D eigenvalue weighted by Gasteiger charge is 2.26. The lowest BCUT2D eigenvalue weighted by Crippen LogP contribution is -2.28. The summed E-state index contributed by atoms with van der Waals surface area (Å²) in [7, 11) is 0. The Morgan fingerprint density at radius 2 is 1.74 bits per heavy atom. The Balaban J connectivity index is 1.14. The van der Waals surface area contributed by atoms with Gasteiger partial charge in [0.05, 0.1) is 27.1 Å². The number of ether oxygens (including phenoxy) is 1. The number of para-hydroxylation sites is 1. The number of hydrogen-bond donors (Lipinski definition) is 4. The third-order valence-electron chi connectivity index (χ3n) is 6.55. The maximum Gasteiger partial charge on any atom is 0.356 e. The minimum Gasteiger partial charge on any atom is -0.506 e. The number of halogens is 1. The van der Waals surface area contributed by atoms with E-state index in [2.05, 4.69) is 20.8 Å². The van der Waals surface area contributed by atoms with Crippen molar-refractivity contribution in [3.8, 4) is 28.4 Å². The van der Waals surface area contributed by atoms with E-state index in [-0.39, 0.29) is 21.9 Å². The molecule has 0 radical (unpaired) electrons. The van der Waals surface area contributed by atoms with Gasteiger partial charge in [0.25, 0.3) is 0 Å². The molecule has 3 aromatic heterocycles. The van der Waals surface area contributed by atoms with Crippen molar-refractivity contribution >= 4 is 55.8 Å². The summed E-state index contributed by atoms with van der Waals surface area (Å²) in [4.78, 5) is 30.0. The first-order chi connectivity index (χ1) is 20.5. The quantitative estimate of drug-likeness (QED) is 0.153. The molecule has 0 aliphatic heterocycles. The monoisotopic (exact) mass is 616 g/mol. The van der Waals surface area contributed by atoms with E-state index >= 15 is 0 Å². The van der Waals surface area contributed by atoms with Gasteiger partial charge in [-0.1, -0.05) is 55.8 Å². The second kappa shape index (κ2) is 10.6. The van der Waals surface area contributed by atoms with Gasteiger partial charge in [0.15, 0.2) is 10.7 Å². The van der Waals surface area contributed by atoms with Gasteiger partial charge < -0.3 is 20.3 Å². The number of fused-ring (bicyclic) bond motifs is 3. The number of aromatic carboxylic acids is 1. The molecule has 0 fully saturated rings. The minimum absolute atomic E-state index is 0.00211. The number of hydrogen-bond acceptors (Lipinski definition) is 7. The molecule has 43 heavy (non-hydrogen) atoms. The Morgan fingerprint density at radius 1 is 1.00 bits per heavy atom. The van der Waals surface area contributed by atoms with Crippen LogP contribution in [0.4, 0.5) is 10.5 Å². The van der Waals surface area contributed by atoms with E-state index in [9.17, 15) is 19.8 Å². The van der Waals surface area contributed by atoms with Gasteiger partial charge in [-0.25, -0.2) is 20.0 Å². The van der Waals surface area contributed by atoms with Gasteiger partial charge in [-0.05, 0) is 42.5 Å². The highest BCUT2D eigenvalue weighted by Crippen LogP contribution is 2.39. The van der Waals surface area contributed by atoms with Crippen LogP contribution in [-0.4, -0.2) is 41.5 Å². The Labute approximate surface area is 253 Å². The molecule has 3 heterocycles. The molecule has 6 aromatic rings. The van der Waals surface area contributed by atoms with Crippen LogP contribution in [0.3, 0.4) is 0 Å². The molecular formula is C30H25ClN6O5S. The Kier molecular flexibility index (Phi) is 6.95. The number of thiazole rings is 1. The van der Waals surface area contributed by atoms with E-state index in [1.807, 2.05) is 32.9 Å². The average molecular weight is 617 g/mol. The molecule has 4 N–H and O–H groups in total. The molecule has 0 unspecified atom stereocenters. The van der Waals surface area contributed by atoms with Crippen molar-refractivity contribution < 1.29 is 24.5 Å². The van der Waals surface area contributed by atoms with Gasteiger partial charge in [0, 0.05) is 34.5 Å². The number of phenolic OH excluding ortho intramolecular Hbond substituents is 1. The summed E-state index contributed by atoms with van der Waals surface area (Å²) < 4.78 is 8.64. The summed E-state index contributed by atoms with van der Waals surface area (Å²) in [5.41, 5.74) is 5.51. The van der Waals surface area contributed by atoms with Crippen LogP contribution >= 0.6 is 22.9 Å². The minimum atomic E-state index is -1.07. The first-order valence-corrected chi connectivity index (χ1v) is 14.2. The number of urea groups is 1. The summed E-state index contributed by atoms with van der Waals surface area (Å²) in [6.45, 7) is 5.96. The zero-order valence-corrected chi connectivity index (χ0v) is 24.7. The topological polar surface area (TPSA) is 143 Å². The van der Waals surface area contributed by atoms with Crippen molar-refractivity contribution in [3.05, 3.63) is 89.5 Å². The molecule has 11 nitrogen and oxygen atoms in total. The summed E-state index contributed by atoms with van der Waals surface area (Å²) in [6.07, 6.45) is 3.13. The highest BCUT2D eigenvalue weighted by molar-refractivity contribution is 7.23. The molecule has 2 amide bonds. The fraction of sp³-hybridized carbons (Fsp3) is 0.133. The molecular weight excluding hydrogens is 592 g/mol. The summed E-state index contributed by atoms with van der Waals surface area (Å²) in [5, 5.41) is 27.3. The maximum atomic E-state index is 12.8. The molecule has 13 heteroatoms. The van der Waals surface area contributed by atoms with Crippen LogP contribution in [0, 0.1) is 0 Å². The van der Waals surface area contributed by atoms with Crippen molar-refractivity contribution in [2.24, 2.45) is 0 Å². The molecule has 0 bridgehead atoms. The number of phenols is 1. The molecule has 0 saturated heterocycles. The number of carbonyl (C=O) groups is 2. The van der Waals surface area contributed by atoms with Gasteiger partial charge in [-0.2, -0.15) is 9.89 Å². The van der Waals surface area contributed by atoms with E-state index in [1.54, 1.807) is 59.1 Å². The fourth-order valence-electron chi connectivity index (χ4n) is 4.57. The van der Waals surface area contributed by atoms with Gasteiger partial charge in [0.1, 0.15) is 17.2 Å². The number of amides is 2. The normalized spacial score (nSPS) is 11.6.